The van der Waals surface area contributed by atoms with Crippen molar-refractivity contribution in [2.24, 2.45) is 5.92 Å². The topological polar surface area (TPSA) is 120 Å². The van der Waals surface area contributed by atoms with Crippen molar-refractivity contribution in [3.63, 3.8) is 0 Å². The Morgan fingerprint density at radius 3 is 2.62 bits per heavy atom. The Labute approximate surface area is 200 Å². The average molecular weight is 473 g/mol. The van der Waals surface area contributed by atoms with E-state index in [2.05, 4.69) is 16.0 Å². The van der Waals surface area contributed by atoms with E-state index in [1.807, 2.05) is 36.4 Å². The molecule has 1 aromatic rings. The Balaban J connectivity index is 1.81. The lowest BCUT2D eigenvalue weighted by molar-refractivity contribution is -0.143. The minimum atomic E-state index is -1.07. The van der Waals surface area contributed by atoms with Crippen LogP contribution < -0.4 is 20.7 Å². The highest BCUT2D eigenvalue weighted by Gasteiger charge is 2.35. The Bertz CT molecular complexity index is 869. The lowest BCUT2D eigenvalue weighted by Gasteiger charge is -2.35. The second-order valence-electron chi connectivity index (χ2n) is 8.79. The minimum absolute atomic E-state index is 0.151. The SMILES string of the molecule is CN1C(=O)C(C2CCCCC2)NCCOc2ccccc2/C=C/CNC(=O)CNC(=O)C1CO. The minimum Gasteiger partial charge on any atom is -0.492 e. The highest BCUT2D eigenvalue weighted by molar-refractivity contribution is 5.92. The summed E-state index contributed by atoms with van der Waals surface area (Å²) < 4.78 is 5.98. The maximum absolute atomic E-state index is 13.5. The van der Waals surface area contributed by atoms with Gasteiger partial charge in [0.25, 0.3) is 0 Å². The second-order valence-corrected chi connectivity index (χ2v) is 8.79. The average Bonchev–Trinajstić information content (AvgIpc) is 2.86. The van der Waals surface area contributed by atoms with E-state index in [4.69, 9.17) is 4.74 Å². The Morgan fingerprint density at radius 2 is 1.85 bits per heavy atom. The summed E-state index contributed by atoms with van der Waals surface area (Å²) in [5.41, 5.74) is 0.886. The summed E-state index contributed by atoms with van der Waals surface area (Å²) in [6, 6.07) is 6.07. The van der Waals surface area contributed by atoms with E-state index in [9.17, 15) is 19.5 Å². The van der Waals surface area contributed by atoms with Gasteiger partial charge in [-0.2, -0.15) is 0 Å². The number of hydrogen-bond acceptors (Lipinski definition) is 6. The fourth-order valence-electron chi connectivity index (χ4n) is 4.51. The van der Waals surface area contributed by atoms with Crippen molar-refractivity contribution in [3.05, 3.63) is 35.9 Å². The highest BCUT2D eigenvalue weighted by Crippen LogP contribution is 2.27. The molecule has 4 N–H and O–H groups in total. The van der Waals surface area contributed by atoms with E-state index in [1.165, 1.54) is 11.9 Å². The molecule has 34 heavy (non-hydrogen) atoms. The first-order valence-corrected chi connectivity index (χ1v) is 12.0. The maximum Gasteiger partial charge on any atom is 0.245 e. The van der Waals surface area contributed by atoms with Gasteiger partial charge in [-0.3, -0.25) is 14.4 Å². The number of nitrogens with one attached hydrogen (secondary N) is 3. The third-order valence-corrected chi connectivity index (χ3v) is 6.46. The third-order valence-electron chi connectivity index (χ3n) is 6.46. The number of fused-ring (bicyclic) bond motifs is 1. The zero-order valence-corrected chi connectivity index (χ0v) is 19.8. The molecule has 1 saturated carbocycles. The summed E-state index contributed by atoms with van der Waals surface area (Å²) in [5.74, 6) is -0.299. The van der Waals surface area contributed by atoms with Gasteiger partial charge in [-0.15, -0.1) is 0 Å². The van der Waals surface area contributed by atoms with Crippen LogP contribution in [0.1, 0.15) is 37.7 Å². The van der Waals surface area contributed by atoms with Gasteiger partial charge in [0.05, 0.1) is 19.2 Å². The molecule has 9 heteroatoms. The molecule has 1 fully saturated rings. The van der Waals surface area contributed by atoms with Gasteiger partial charge in [0.1, 0.15) is 18.4 Å². The first-order valence-electron chi connectivity index (χ1n) is 12.0. The standard InChI is InChI=1S/C25H36N4O5/c1-29-20(17-30)24(32)28-16-22(31)26-13-7-11-18-8-5-6-12-21(18)34-15-14-27-23(25(29)33)19-9-3-2-4-10-19/h5-8,11-12,19-20,23,27,30H,2-4,9-10,13-17H2,1H3,(H,26,31)(H,28,32)/b11-7+. The van der Waals surface area contributed by atoms with Gasteiger partial charge in [0, 0.05) is 25.7 Å². The van der Waals surface area contributed by atoms with Crippen LogP contribution in [0, 0.1) is 5.92 Å². The van der Waals surface area contributed by atoms with Crippen molar-refractivity contribution in [3.8, 4) is 5.75 Å². The van der Waals surface area contributed by atoms with Crippen molar-refractivity contribution in [1.82, 2.24) is 20.9 Å². The zero-order valence-electron chi connectivity index (χ0n) is 19.8. The van der Waals surface area contributed by atoms with E-state index < -0.39 is 24.6 Å². The third kappa shape index (κ3) is 7.04. The number of carbonyl (C=O) groups excluding carboxylic acids is 3. The zero-order chi connectivity index (χ0) is 24.3. The van der Waals surface area contributed by atoms with Crippen LogP contribution in [0.5, 0.6) is 5.75 Å². The number of aliphatic hydroxyl groups excluding tert-OH is 1. The first-order chi connectivity index (χ1) is 16.5. The van der Waals surface area contributed by atoms with Gasteiger partial charge in [-0.25, -0.2) is 0 Å². The van der Waals surface area contributed by atoms with Crippen LogP contribution in [-0.4, -0.2) is 79.7 Å². The highest BCUT2D eigenvalue weighted by atomic mass is 16.5. The van der Waals surface area contributed by atoms with Crippen molar-refractivity contribution < 1.29 is 24.2 Å². The predicted octanol–water partition coefficient (Wildman–Crippen LogP) is 0.682. The van der Waals surface area contributed by atoms with Crippen LogP contribution in [0.2, 0.25) is 0 Å². The van der Waals surface area contributed by atoms with E-state index in [-0.39, 0.29) is 30.8 Å². The number of carbonyl (C=O) groups is 3. The summed E-state index contributed by atoms with van der Waals surface area (Å²) >= 11 is 0. The number of amides is 3. The maximum atomic E-state index is 13.5. The summed E-state index contributed by atoms with van der Waals surface area (Å²) in [4.78, 5) is 39.5. The molecule has 1 heterocycles. The molecule has 0 spiro atoms. The fraction of sp³-hybridized carbons (Fsp3) is 0.560. The predicted molar refractivity (Wildman–Crippen MR) is 129 cm³/mol. The summed E-state index contributed by atoms with van der Waals surface area (Å²) in [6.07, 6.45) is 8.83. The molecule has 1 aliphatic carbocycles. The Kier molecular flexibility index (Phi) is 9.90. The smallest absolute Gasteiger partial charge is 0.245 e. The number of ether oxygens (including phenoxy) is 1. The fourth-order valence-corrected chi connectivity index (χ4v) is 4.51. The van der Waals surface area contributed by atoms with Gasteiger partial charge >= 0.3 is 0 Å². The van der Waals surface area contributed by atoms with Crippen LogP contribution >= 0.6 is 0 Å². The molecule has 0 bridgehead atoms. The summed E-state index contributed by atoms with van der Waals surface area (Å²) in [5, 5.41) is 18.5. The van der Waals surface area contributed by atoms with E-state index in [1.54, 1.807) is 0 Å². The lowest BCUT2D eigenvalue weighted by atomic mass is 9.83. The molecule has 3 amide bonds. The molecule has 2 aliphatic rings. The van der Waals surface area contributed by atoms with E-state index in [0.29, 0.717) is 13.2 Å². The first kappa shape index (κ1) is 25.7. The molecular formula is C25H36N4O5. The van der Waals surface area contributed by atoms with Crippen molar-refractivity contribution in [2.75, 3.05) is 39.9 Å². The largest absolute Gasteiger partial charge is 0.492 e. The number of para-hydroxylation sites is 1. The number of aliphatic hydroxyl groups is 1. The van der Waals surface area contributed by atoms with E-state index >= 15 is 0 Å². The van der Waals surface area contributed by atoms with E-state index in [0.717, 1.165) is 43.4 Å². The van der Waals surface area contributed by atoms with Gasteiger partial charge in [-0.1, -0.05) is 49.6 Å². The molecule has 2 unspecified atom stereocenters. The molecule has 3 rings (SSSR count). The lowest BCUT2D eigenvalue weighted by Crippen LogP contribution is -2.57. The number of hydrogen-bond donors (Lipinski definition) is 4. The molecule has 186 valence electrons. The number of likely N-dealkylation sites (N-methyl/N-ethyl adjacent to an activating group) is 1. The molecule has 0 saturated heterocycles. The van der Waals surface area contributed by atoms with Crippen molar-refractivity contribution in [2.45, 2.75) is 44.2 Å². The molecule has 1 aromatic carbocycles. The molecule has 0 radical (unpaired) electrons. The van der Waals surface area contributed by atoms with Crippen LogP contribution in [0.4, 0.5) is 0 Å². The molecule has 0 aromatic heterocycles. The number of benzene rings is 1. The number of nitrogens with zero attached hydrogens (tertiary/aromatic N) is 1. The summed E-state index contributed by atoms with van der Waals surface area (Å²) in [6.45, 7) is 0.344. The molecule has 1 aliphatic heterocycles. The van der Waals surface area contributed by atoms with Gasteiger partial charge in [-0.05, 0) is 24.8 Å². The quantitative estimate of drug-likeness (QED) is 0.503. The Morgan fingerprint density at radius 1 is 1.09 bits per heavy atom. The van der Waals surface area contributed by atoms with Gasteiger partial charge < -0.3 is 30.7 Å². The van der Waals surface area contributed by atoms with Crippen LogP contribution in [0.15, 0.2) is 30.3 Å². The van der Waals surface area contributed by atoms with Gasteiger partial charge in [0.2, 0.25) is 17.7 Å². The summed E-state index contributed by atoms with van der Waals surface area (Å²) in [7, 11) is 1.52. The molecular weight excluding hydrogens is 436 g/mol. The molecule has 2 atom stereocenters. The second kappa shape index (κ2) is 13.1. The van der Waals surface area contributed by atoms with Crippen molar-refractivity contribution >= 4 is 23.8 Å². The Hall–Kier alpha value is -2.91. The molecule has 9 nitrogen and oxygen atoms in total. The van der Waals surface area contributed by atoms with Crippen molar-refractivity contribution in [1.29, 1.82) is 0 Å². The normalized spacial score (nSPS) is 25.2. The number of rotatable bonds is 2. The monoisotopic (exact) mass is 472 g/mol. The van der Waals surface area contributed by atoms with Crippen LogP contribution in [0.3, 0.4) is 0 Å². The van der Waals surface area contributed by atoms with Gasteiger partial charge in [0.15, 0.2) is 0 Å². The van der Waals surface area contributed by atoms with Crippen LogP contribution in [-0.2, 0) is 14.4 Å². The van der Waals surface area contributed by atoms with Crippen LogP contribution in [0.25, 0.3) is 6.08 Å².